The highest BCUT2D eigenvalue weighted by Crippen LogP contribution is 1.81. The summed E-state index contributed by atoms with van der Waals surface area (Å²) in [6.07, 6.45) is 3.18. The number of likely N-dealkylation sites (N-methyl/N-ethyl adjacent to an activating group) is 1. The molecule has 0 rings (SSSR count). The van der Waals surface area contributed by atoms with Crippen LogP contribution in [-0.2, 0) is 14.3 Å². The fourth-order valence-corrected chi connectivity index (χ4v) is 1.02. The van der Waals surface area contributed by atoms with Crippen molar-refractivity contribution in [1.29, 1.82) is 0 Å². The van der Waals surface area contributed by atoms with Crippen molar-refractivity contribution in [2.45, 2.75) is 6.92 Å². The minimum Gasteiger partial charge on any atom is -0.463 e. The van der Waals surface area contributed by atoms with Crippen LogP contribution in [0.4, 0.5) is 0 Å². The van der Waals surface area contributed by atoms with Crippen LogP contribution < -0.4 is 5.32 Å². The van der Waals surface area contributed by atoms with Gasteiger partial charge in [0.05, 0.1) is 19.8 Å². The molecule has 0 radical (unpaired) electrons. The third kappa shape index (κ3) is 13.0. The van der Waals surface area contributed by atoms with Crippen LogP contribution >= 0.6 is 0 Å². The van der Waals surface area contributed by atoms with E-state index in [0.717, 1.165) is 19.7 Å². The maximum absolute atomic E-state index is 10.9. The molecule has 0 atom stereocenters. The van der Waals surface area contributed by atoms with Gasteiger partial charge in [-0.3, -0.25) is 0 Å². The Bertz CT molecular complexity index is 218. The number of esters is 1. The molecule has 100 valence electrons. The number of rotatable bonds is 10. The fourth-order valence-electron chi connectivity index (χ4n) is 1.02. The van der Waals surface area contributed by atoms with E-state index in [1.165, 1.54) is 6.08 Å². The number of hydrogen-bond acceptors (Lipinski definition) is 5. The first-order valence-corrected chi connectivity index (χ1v) is 5.93. The average molecular weight is 244 g/mol. The summed E-state index contributed by atoms with van der Waals surface area (Å²) in [6.45, 7) is 5.99. The van der Waals surface area contributed by atoms with E-state index in [0.29, 0.717) is 19.8 Å². The molecule has 17 heavy (non-hydrogen) atoms. The molecule has 0 saturated heterocycles. The zero-order valence-electron chi connectivity index (χ0n) is 11.1. The van der Waals surface area contributed by atoms with Gasteiger partial charge in [-0.05, 0) is 21.0 Å². The molecule has 0 aromatic heterocycles. The maximum atomic E-state index is 10.9. The van der Waals surface area contributed by atoms with Gasteiger partial charge in [0, 0.05) is 25.7 Å². The van der Waals surface area contributed by atoms with Crippen LogP contribution in [0, 0.1) is 0 Å². The minimum atomic E-state index is -0.295. The number of carbonyl (C=O) groups excluding carboxylic acids is 1. The van der Waals surface area contributed by atoms with E-state index < -0.39 is 0 Å². The third-order valence-corrected chi connectivity index (χ3v) is 1.91. The van der Waals surface area contributed by atoms with Crippen LogP contribution in [0.1, 0.15) is 6.92 Å². The number of carbonyl (C=O) groups is 1. The zero-order valence-corrected chi connectivity index (χ0v) is 11.1. The first-order valence-electron chi connectivity index (χ1n) is 5.93. The fraction of sp³-hybridized carbons (Fsp3) is 0.750. The summed E-state index contributed by atoms with van der Waals surface area (Å²) in [4.78, 5) is 13.0. The van der Waals surface area contributed by atoms with Gasteiger partial charge in [-0.15, -0.1) is 0 Å². The summed E-state index contributed by atoms with van der Waals surface area (Å²) in [6, 6.07) is 0. The quantitative estimate of drug-likeness (QED) is 0.340. The van der Waals surface area contributed by atoms with E-state index in [4.69, 9.17) is 9.47 Å². The van der Waals surface area contributed by atoms with Crippen molar-refractivity contribution in [3.8, 4) is 0 Å². The highest BCUT2D eigenvalue weighted by Gasteiger charge is 1.92. The van der Waals surface area contributed by atoms with Crippen molar-refractivity contribution >= 4 is 5.97 Å². The summed E-state index contributed by atoms with van der Waals surface area (Å²) >= 11 is 0. The van der Waals surface area contributed by atoms with Gasteiger partial charge in [0.2, 0.25) is 0 Å². The molecule has 5 nitrogen and oxygen atoms in total. The molecule has 0 aliphatic heterocycles. The van der Waals surface area contributed by atoms with E-state index >= 15 is 0 Å². The molecule has 0 saturated carbocycles. The van der Waals surface area contributed by atoms with Crippen LogP contribution in [-0.4, -0.2) is 64.4 Å². The Morgan fingerprint density at radius 1 is 1.35 bits per heavy atom. The predicted molar refractivity (Wildman–Crippen MR) is 68.0 cm³/mol. The molecule has 0 spiro atoms. The average Bonchev–Trinajstić information content (AvgIpc) is 2.27. The van der Waals surface area contributed by atoms with Crippen molar-refractivity contribution in [1.82, 2.24) is 10.2 Å². The van der Waals surface area contributed by atoms with Crippen LogP contribution in [0.15, 0.2) is 12.2 Å². The molecule has 0 heterocycles. The lowest BCUT2D eigenvalue weighted by Gasteiger charge is -2.09. The van der Waals surface area contributed by atoms with Gasteiger partial charge in [-0.2, -0.15) is 0 Å². The SMILES string of the molecule is CCOC(=O)/C=C/CNCCOCCN(C)C. The monoisotopic (exact) mass is 244 g/mol. The van der Waals surface area contributed by atoms with Crippen LogP contribution in [0.2, 0.25) is 0 Å². The molecule has 0 aromatic carbocycles. The standard InChI is InChI=1S/C12H24N2O3/c1-4-17-12(15)6-5-7-13-8-10-16-11-9-14(2)3/h5-6,13H,4,7-11H2,1-3H3/b6-5+. The van der Waals surface area contributed by atoms with Gasteiger partial charge < -0.3 is 19.7 Å². The first-order chi connectivity index (χ1) is 8.16. The highest BCUT2D eigenvalue weighted by atomic mass is 16.5. The number of nitrogens with one attached hydrogen (secondary N) is 1. The summed E-state index contributed by atoms with van der Waals surface area (Å²) in [7, 11) is 4.03. The summed E-state index contributed by atoms with van der Waals surface area (Å²) in [5, 5.41) is 3.14. The van der Waals surface area contributed by atoms with Crippen molar-refractivity contribution in [3.05, 3.63) is 12.2 Å². The molecule has 0 aromatic rings. The lowest BCUT2D eigenvalue weighted by molar-refractivity contribution is -0.137. The second kappa shape index (κ2) is 11.6. The topological polar surface area (TPSA) is 50.8 Å². The Morgan fingerprint density at radius 2 is 2.12 bits per heavy atom. The van der Waals surface area contributed by atoms with E-state index in [9.17, 15) is 4.79 Å². The van der Waals surface area contributed by atoms with Crippen LogP contribution in [0.25, 0.3) is 0 Å². The van der Waals surface area contributed by atoms with Crippen LogP contribution in [0.3, 0.4) is 0 Å². The van der Waals surface area contributed by atoms with Gasteiger partial charge in [0.1, 0.15) is 0 Å². The first kappa shape index (κ1) is 16.1. The lowest BCUT2D eigenvalue weighted by Crippen LogP contribution is -2.23. The Labute approximate surface area is 104 Å². The van der Waals surface area contributed by atoms with Gasteiger partial charge in [-0.1, -0.05) is 6.08 Å². The van der Waals surface area contributed by atoms with E-state index in [-0.39, 0.29) is 5.97 Å². The van der Waals surface area contributed by atoms with E-state index in [1.807, 2.05) is 14.1 Å². The number of nitrogens with zero attached hydrogens (tertiary/aromatic N) is 1. The van der Waals surface area contributed by atoms with Crippen molar-refractivity contribution in [2.75, 3.05) is 53.6 Å². The largest absolute Gasteiger partial charge is 0.463 e. The normalized spacial score (nSPS) is 11.3. The number of ether oxygens (including phenoxy) is 2. The summed E-state index contributed by atoms with van der Waals surface area (Å²) in [5.74, 6) is -0.295. The van der Waals surface area contributed by atoms with E-state index in [1.54, 1.807) is 13.0 Å². The molecule has 0 fully saturated rings. The summed E-state index contributed by atoms with van der Waals surface area (Å²) < 4.78 is 10.1. The van der Waals surface area contributed by atoms with E-state index in [2.05, 4.69) is 10.2 Å². The molecule has 0 amide bonds. The molecular weight excluding hydrogens is 220 g/mol. The molecule has 0 bridgehead atoms. The highest BCUT2D eigenvalue weighted by molar-refractivity contribution is 5.81. The molecule has 0 unspecified atom stereocenters. The van der Waals surface area contributed by atoms with Crippen LogP contribution in [0.5, 0.6) is 0 Å². The van der Waals surface area contributed by atoms with Gasteiger partial charge in [0.25, 0.3) is 0 Å². The molecule has 5 heteroatoms. The van der Waals surface area contributed by atoms with Gasteiger partial charge >= 0.3 is 5.97 Å². The molecule has 0 aliphatic carbocycles. The zero-order chi connectivity index (χ0) is 12.9. The third-order valence-electron chi connectivity index (χ3n) is 1.91. The van der Waals surface area contributed by atoms with Crippen molar-refractivity contribution in [3.63, 3.8) is 0 Å². The molecular formula is C12H24N2O3. The summed E-state index contributed by atoms with van der Waals surface area (Å²) in [5.41, 5.74) is 0. The van der Waals surface area contributed by atoms with Crippen molar-refractivity contribution in [2.24, 2.45) is 0 Å². The Morgan fingerprint density at radius 3 is 2.76 bits per heavy atom. The Hall–Kier alpha value is -0.910. The number of hydrogen-bond donors (Lipinski definition) is 1. The van der Waals surface area contributed by atoms with Gasteiger partial charge in [0.15, 0.2) is 0 Å². The molecule has 0 aliphatic rings. The maximum Gasteiger partial charge on any atom is 0.330 e. The minimum absolute atomic E-state index is 0.295. The second-order valence-electron chi connectivity index (χ2n) is 3.77. The second-order valence-corrected chi connectivity index (χ2v) is 3.77. The van der Waals surface area contributed by atoms with Gasteiger partial charge in [-0.25, -0.2) is 4.79 Å². The Kier molecular flexibility index (Phi) is 11.0. The molecule has 1 N–H and O–H groups in total. The Balaban J connectivity index is 3.20. The van der Waals surface area contributed by atoms with Crippen molar-refractivity contribution < 1.29 is 14.3 Å². The smallest absolute Gasteiger partial charge is 0.330 e. The lowest BCUT2D eigenvalue weighted by atomic mass is 10.5. The predicted octanol–water partition coefficient (Wildman–Crippen LogP) is 0.274.